The molecular formula is C11H25NO. The van der Waals surface area contributed by atoms with Crippen LogP contribution >= 0.6 is 0 Å². The molecule has 2 atom stereocenters. The standard InChI is InChI=1S/C11H25NO/c1-6-12-8-11(5)13-10(4)7-9(2)3/h9-12H,6-8H2,1-5H3. The molecule has 1 N–H and O–H groups in total. The van der Waals surface area contributed by atoms with Crippen molar-refractivity contribution in [2.24, 2.45) is 5.92 Å². The highest BCUT2D eigenvalue weighted by molar-refractivity contribution is 4.59. The minimum atomic E-state index is 0.327. The number of hydrogen-bond acceptors (Lipinski definition) is 2. The van der Waals surface area contributed by atoms with Crippen LogP contribution in [0.3, 0.4) is 0 Å². The topological polar surface area (TPSA) is 21.3 Å². The van der Waals surface area contributed by atoms with Gasteiger partial charge in [-0.3, -0.25) is 0 Å². The molecule has 80 valence electrons. The van der Waals surface area contributed by atoms with Crippen LogP contribution in [0.25, 0.3) is 0 Å². The first-order chi connectivity index (χ1) is 6.06. The Morgan fingerprint density at radius 1 is 1.08 bits per heavy atom. The van der Waals surface area contributed by atoms with Crippen LogP contribution < -0.4 is 5.32 Å². The van der Waals surface area contributed by atoms with Crippen LogP contribution in [0.4, 0.5) is 0 Å². The molecule has 0 spiro atoms. The van der Waals surface area contributed by atoms with Crippen molar-refractivity contribution in [1.82, 2.24) is 5.32 Å². The maximum atomic E-state index is 5.80. The zero-order chi connectivity index (χ0) is 10.3. The molecule has 0 aliphatic carbocycles. The average Bonchev–Trinajstić information content (AvgIpc) is 1.98. The molecule has 0 saturated carbocycles. The maximum absolute atomic E-state index is 5.80. The molecule has 0 aromatic heterocycles. The highest BCUT2D eigenvalue weighted by atomic mass is 16.5. The summed E-state index contributed by atoms with van der Waals surface area (Å²) in [5.74, 6) is 0.723. The second-order valence-corrected chi connectivity index (χ2v) is 4.19. The van der Waals surface area contributed by atoms with Crippen molar-refractivity contribution >= 4 is 0 Å². The van der Waals surface area contributed by atoms with E-state index in [2.05, 4.69) is 39.9 Å². The smallest absolute Gasteiger partial charge is 0.0674 e. The van der Waals surface area contributed by atoms with Gasteiger partial charge in [-0.05, 0) is 32.7 Å². The molecule has 0 saturated heterocycles. The minimum absolute atomic E-state index is 0.327. The molecule has 0 aromatic carbocycles. The summed E-state index contributed by atoms with van der Waals surface area (Å²) in [5, 5.41) is 3.28. The first-order valence-electron chi connectivity index (χ1n) is 5.42. The molecule has 2 nitrogen and oxygen atoms in total. The second-order valence-electron chi connectivity index (χ2n) is 4.19. The van der Waals surface area contributed by atoms with Gasteiger partial charge in [-0.1, -0.05) is 20.8 Å². The molecule has 0 rings (SSSR count). The molecule has 13 heavy (non-hydrogen) atoms. The Bertz CT molecular complexity index is 115. The summed E-state index contributed by atoms with van der Waals surface area (Å²) in [6, 6.07) is 0. The summed E-state index contributed by atoms with van der Waals surface area (Å²) < 4.78 is 5.80. The van der Waals surface area contributed by atoms with Crippen molar-refractivity contribution in [1.29, 1.82) is 0 Å². The van der Waals surface area contributed by atoms with Gasteiger partial charge in [-0.25, -0.2) is 0 Å². The SMILES string of the molecule is CCNCC(C)OC(C)CC(C)C. The Labute approximate surface area is 83.1 Å². The molecule has 2 heteroatoms. The number of nitrogens with one attached hydrogen (secondary N) is 1. The lowest BCUT2D eigenvalue weighted by atomic mass is 10.1. The van der Waals surface area contributed by atoms with E-state index in [9.17, 15) is 0 Å². The van der Waals surface area contributed by atoms with E-state index in [1.165, 1.54) is 0 Å². The van der Waals surface area contributed by atoms with Crippen molar-refractivity contribution in [3.63, 3.8) is 0 Å². The number of hydrogen-bond donors (Lipinski definition) is 1. The van der Waals surface area contributed by atoms with Gasteiger partial charge in [0.25, 0.3) is 0 Å². The fourth-order valence-corrected chi connectivity index (χ4v) is 1.51. The Morgan fingerprint density at radius 2 is 1.69 bits per heavy atom. The lowest BCUT2D eigenvalue weighted by Crippen LogP contribution is -2.29. The van der Waals surface area contributed by atoms with Crippen molar-refractivity contribution in [3.05, 3.63) is 0 Å². The molecule has 0 fully saturated rings. The van der Waals surface area contributed by atoms with Gasteiger partial charge in [0, 0.05) is 6.54 Å². The lowest BCUT2D eigenvalue weighted by molar-refractivity contribution is -0.000801. The summed E-state index contributed by atoms with van der Waals surface area (Å²) in [7, 11) is 0. The maximum Gasteiger partial charge on any atom is 0.0674 e. The van der Waals surface area contributed by atoms with E-state index < -0.39 is 0 Å². The summed E-state index contributed by atoms with van der Waals surface area (Å²) in [5.41, 5.74) is 0. The molecule has 0 radical (unpaired) electrons. The van der Waals surface area contributed by atoms with E-state index in [1.807, 2.05) is 0 Å². The number of ether oxygens (including phenoxy) is 1. The van der Waals surface area contributed by atoms with E-state index in [4.69, 9.17) is 4.74 Å². The van der Waals surface area contributed by atoms with E-state index in [-0.39, 0.29) is 0 Å². The van der Waals surface area contributed by atoms with Crippen LogP contribution in [0.1, 0.15) is 41.0 Å². The van der Waals surface area contributed by atoms with Crippen molar-refractivity contribution in [3.8, 4) is 0 Å². The van der Waals surface area contributed by atoms with Crippen LogP contribution in [0.15, 0.2) is 0 Å². The molecule has 0 aliphatic heterocycles. The zero-order valence-electron chi connectivity index (χ0n) is 9.76. The molecule has 0 heterocycles. The predicted octanol–water partition coefficient (Wildman–Crippen LogP) is 2.44. The Kier molecular flexibility index (Phi) is 7.29. The van der Waals surface area contributed by atoms with Crippen LogP contribution in [0.5, 0.6) is 0 Å². The van der Waals surface area contributed by atoms with Gasteiger partial charge in [-0.15, -0.1) is 0 Å². The molecule has 0 amide bonds. The summed E-state index contributed by atoms with van der Waals surface area (Å²) in [6.45, 7) is 12.8. The zero-order valence-corrected chi connectivity index (χ0v) is 9.76. The van der Waals surface area contributed by atoms with Gasteiger partial charge in [0.05, 0.1) is 12.2 Å². The Morgan fingerprint density at radius 3 is 2.15 bits per heavy atom. The van der Waals surface area contributed by atoms with Gasteiger partial charge < -0.3 is 10.1 Å². The highest BCUT2D eigenvalue weighted by Gasteiger charge is 2.09. The summed E-state index contributed by atoms with van der Waals surface area (Å²) >= 11 is 0. The fraction of sp³-hybridized carbons (Fsp3) is 1.00. The Balaban J connectivity index is 3.46. The Hall–Kier alpha value is -0.0800. The van der Waals surface area contributed by atoms with E-state index in [0.717, 1.165) is 25.4 Å². The van der Waals surface area contributed by atoms with Crippen LogP contribution in [-0.2, 0) is 4.74 Å². The molecule has 2 unspecified atom stereocenters. The van der Waals surface area contributed by atoms with Gasteiger partial charge in [-0.2, -0.15) is 0 Å². The van der Waals surface area contributed by atoms with Crippen LogP contribution in [0.2, 0.25) is 0 Å². The first-order valence-corrected chi connectivity index (χ1v) is 5.42. The fourth-order valence-electron chi connectivity index (χ4n) is 1.51. The van der Waals surface area contributed by atoms with E-state index in [1.54, 1.807) is 0 Å². The normalized spacial score (nSPS) is 16.2. The third-order valence-corrected chi connectivity index (χ3v) is 1.95. The third-order valence-electron chi connectivity index (χ3n) is 1.95. The van der Waals surface area contributed by atoms with Crippen molar-refractivity contribution in [2.45, 2.75) is 53.2 Å². The van der Waals surface area contributed by atoms with Crippen LogP contribution in [0, 0.1) is 5.92 Å². The van der Waals surface area contributed by atoms with Gasteiger partial charge in [0.2, 0.25) is 0 Å². The second kappa shape index (κ2) is 7.34. The predicted molar refractivity (Wildman–Crippen MR) is 58.0 cm³/mol. The van der Waals surface area contributed by atoms with Gasteiger partial charge in [0.1, 0.15) is 0 Å². The van der Waals surface area contributed by atoms with E-state index >= 15 is 0 Å². The number of rotatable bonds is 7. The molecular weight excluding hydrogens is 162 g/mol. The highest BCUT2D eigenvalue weighted by Crippen LogP contribution is 2.09. The average molecular weight is 187 g/mol. The quantitative estimate of drug-likeness (QED) is 0.661. The third kappa shape index (κ3) is 8.26. The van der Waals surface area contributed by atoms with Crippen molar-refractivity contribution in [2.75, 3.05) is 13.1 Å². The molecule has 0 aliphatic rings. The van der Waals surface area contributed by atoms with Gasteiger partial charge in [0.15, 0.2) is 0 Å². The summed E-state index contributed by atoms with van der Waals surface area (Å²) in [6.07, 6.45) is 1.86. The molecule has 0 aromatic rings. The first kappa shape index (κ1) is 12.9. The summed E-state index contributed by atoms with van der Waals surface area (Å²) in [4.78, 5) is 0. The minimum Gasteiger partial charge on any atom is -0.374 e. The van der Waals surface area contributed by atoms with Gasteiger partial charge >= 0.3 is 0 Å². The lowest BCUT2D eigenvalue weighted by Gasteiger charge is -2.20. The molecule has 0 bridgehead atoms. The van der Waals surface area contributed by atoms with E-state index in [0.29, 0.717) is 12.2 Å². The monoisotopic (exact) mass is 187 g/mol. The number of likely N-dealkylation sites (N-methyl/N-ethyl adjacent to an activating group) is 1. The largest absolute Gasteiger partial charge is 0.374 e. The van der Waals surface area contributed by atoms with Crippen molar-refractivity contribution < 1.29 is 4.74 Å². The van der Waals surface area contributed by atoms with Crippen LogP contribution in [-0.4, -0.2) is 25.3 Å².